The molecular weight excluding hydrogens is 164 g/mol. The normalized spacial score (nSPS) is 11.6. The number of hydrogen-bond donors (Lipinski definition) is 0. The number of nitrogens with zero attached hydrogens (tertiary/aromatic N) is 2. The van der Waals surface area contributed by atoms with Crippen molar-refractivity contribution in [1.82, 2.24) is 9.80 Å². The van der Waals surface area contributed by atoms with Crippen molar-refractivity contribution < 1.29 is 4.79 Å². The van der Waals surface area contributed by atoms with Gasteiger partial charge in [-0.25, -0.2) is 0 Å². The van der Waals surface area contributed by atoms with Gasteiger partial charge < -0.3 is 9.69 Å². The van der Waals surface area contributed by atoms with E-state index >= 15 is 0 Å². The summed E-state index contributed by atoms with van der Waals surface area (Å²) >= 11 is 0. The van der Waals surface area contributed by atoms with Crippen molar-refractivity contribution in [1.29, 1.82) is 0 Å². The van der Waals surface area contributed by atoms with Crippen molar-refractivity contribution in [3.63, 3.8) is 0 Å². The van der Waals surface area contributed by atoms with Crippen LogP contribution in [0.1, 0.15) is 13.8 Å². The Balaban J connectivity index is 3.72. The maximum Gasteiger partial charge on any atom is 0.133 e. The van der Waals surface area contributed by atoms with Crippen LogP contribution in [0.2, 0.25) is 0 Å². The standard InChI is InChI=1S/C10H22N2O/c1-10(2)9-12(7-8-13)6-5-11(3)4/h8,10H,5-7,9H2,1-4H3. The zero-order valence-corrected chi connectivity index (χ0v) is 9.29. The molecule has 0 aliphatic heterocycles. The molecule has 0 aromatic carbocycles. The van der Waals surface area contributed by atoms with E-state index in [4.69, 9.17) is 0 Å². The summed E-state index contributed by atoms with van der Waals surface area (Å²) < 4.78 is 0. The highest BCUT2D eigenvalue weighted by Gasteiger charge is 2.06. The zero-order chi connectivity index (χ0) is 10.3. The van der Waals surface area contributed by atoms with E-state index in [1.165, 1.54) is 0 Å². The first-order valence-electron chi connectivity index (χ1n) is 4.87. The van der Waals surface area contributed by atoms with E-state index in [1.54, 1.807) is 0 Å². The topological polar surface area (TPSA) is 23.6 Å². The van der Waals surface area contributed by atoms with Gasteiger partial charge in [0.1, 0.15) is 6.29 Å². The highest BCUT2D eigenvalue weighted by Crippen LogP contribution is 1.97. The first kappa shape index (κ1) is 12.6. The predicted molar refractivity (Wildman–Crippen MR) is 55.9 cm³/mol. The maximum absolute atomic E-state index is 10.4. The SMILES string of the molecule is CC(C)CN(CC=O)CCN(C)C. The van der Waals surface area contributed by atoms with Gasteiger partial charge >= 0.3 is 0 Å². The van der Waals surface area contributed by atoms with Gasteiger partial charge in [-0.05, 0) is 20.0 Å². The van der Waals surface area contributed by atoms with Crippen LogP contribution in [-0.4, -0.2) is 56.4 Å². The largest absolute Gasteiger partial charge is 0.308 e. The monoisotopic (exact) mass is 186 g/mol. The molecule has 0 aromatic heterocycles. The molecule has 0 aromatic rings. The molecule has 0 saturated heterocycles. The first-order valence-corrected chi connectivity index (χ1v) is 4.87. The van der Waals surface area contributed by atoms with Gasteiger partial charge in [-0.1, -0.05) is 13.8 Å². The molecule has 0 amide bonds. The maximum atomic E-state index is 10.4. The van der Waals surface area contributed by atoms with E-state index in [-0.39, 0.29) is 0 Å². The van der Waals surface area contributed by atoms with Crippen LogP contribution in [-0.2, 0) is 4.79 Å². The van der Waals surface area contributed by atoms with Crippen LogP contribution < -0.4 is 0 Å². The van der Waals surface area contributed by atoms with Crippen LogP contribution in [0, 0.1) is 5.92 Å². The Morgan fingerprint density at radius 3 is 2.23 bits per heavy atom. The first-order chi connectivity index (χ1) is 6.06. The highest BCUT2D eigenvalue weighted by atomic mass is 16.1. The van der Waals surface area contributed by atoms with Gasteiger partial charge in [-0.3, -0.25) is 4.90 Å². The summed E-state index contributed by atoms with van der Waals surface area (Å²) in [4.78, 5) is 14.7. The summed E-state index contributed by atoms with van der Waals surface area (Å²) in [6.45, 7) is 7.91. The Labute approximate surface area is 81.7 Å². The van der Waals surface area contributed by atoms with E-state index < -0.39 is 0 Å². The second kappa shape index (κ2) is 7.04. The number of hydrogen-bond acceptors (Lipinski definition) is 3. The third kappa shape index (κ3) is 7.94. The second-order valence-electron chi connectivity index (χ2n) is 4.12. The lowest BCUT2D eigenvalue weighted by atomic mass is 10.2. The molecule has 0 atom stereocenters. The summed E-state index contributed by atoms with van der Waals surface area (Å²) in [6, 6.07) is 0. The Bertz CT molecular complexity index is 135. The lowest BCUT2D eigenvalue weighted by Crippen LogP contribution is -2.35. The van der Waals surface area contributed by atoms with Crippen molar-refractivity contribution in [2.75, 3.05) is 40.3 Å². The second-order valence-corrected chi connectivity index (χ2v) is 4.12. The van der Waals surface area contributed by atoms with Crippen LogP contribution in [0.5, 0.6) is 0 Å². The van der Waals surface area contributed by atoms with Gasteiger partial charge in [0.2, 0.25) is 0 Å². The minimum Gasteiger partial charge on any atom is -0.308 e. The molecule has 13 heavy (non-hydrogen) atoms. The number of carbonyl (C=O) groups excluding carboxylic acids is 1. The molecule has 0 bridgehead atoms. The van der Waals surface area contributed by atoms with Crippen LogP contribution in [0.3, 0.4) is 0 Å². The Morgan fingerprint density at radius 1 is 1.23 bits per heavy atom. The summed E-state index contributed by atoms with van der Waals surface area (Å²) in [5.41, 5.74) is 0. The molecular formula is C10H22N2O. The summed E-state index contributed by atoms with van der Waals surface area (Å²) in [5.74, 6) is 0.627. The van der Waals surface area contributed by atoms with Gasteiger partial charge in [0.15, 0.2) is 0 Å². The fourth-order valence-corrected chi connectivity index (χ4v) is 1.22. The van der Waals surface area contributed by atoms with Gasteiger partial charge in [-0.2, -0.15) is 0 Å². The summed E-state index contributed by atoms with van der Waals surface area (Å²) in [7, 11) is 4.10. The molecule has 0 rings (SSSR count). The van der Waals surface area contributed by atoms with Crippen molar-refractivity contribution in [2.24, 2.45) is 5.92 Å². The van der Waals surface area contributed by atoms with Gasteiger partial charge in [-0.15, -0.1) is 0 Å². The van der Waals surface area contributed by atoms with Crippen molar-refractivity contribution in [2.45, 2.75) is 13.8 Å². The lowest BCUT2D eigenvalue weighted by Gasteiger charge is -2.23. The minimum atomic E-state index is 0.562. The molecule has 0 N–H and O–H groups in total. The molecule has 0 radical (unpaired) electrons. The van der Waals surface area contributed by atoms with Crippen LogP contribution in [0.25, 0.3) is 0 Å². The highest BCUT2D eigenvalue weighted by molar-refractivity contribution is 5.51. The van der Waals surface area contributed by atoms with Crippen LogP contribution >= 0.6 is 0 Å². The Hall–Kier alpha value is -0.410. The average molecular weight is 186 g/mol. The van der Waals surface area contributed by atoms with Gasteiger partial charge in [0.25, 0.3) is 0 Å². The Kier molecular flexibility index (Phi) is 6.82. The fourth-order valence-electron chi connectivity index (χ4n) is 1.22. The van der Waals surface area contributed by atoms with E-state index in [0.717, 1.165) is 25.9 Å². The van der Waals surface area contributed by atoms with Gasteiger partial charge in [0, 0.05) is 19.6 Å². The number of aldehydes is 1. The lowest BCUT2D eigenvalue weighted by molar-refractivity contribution is -0.109. The van der Waals surface area contributed by atoms with Gasteiger partial charge in [0.05, 0.1) is 6.54 Å². The van der Waals surface area contributed by atoms with Crippen LogP contribution in [0.15, 0.2) is 0 Å². The Morgan fingerprint density at radius 2 is 1.85 bits per heavy atom. The fraction of sp³-hybridized carbons (Fsp3) is 0.900. The zero-order valence-electron chi connectivity index (χ0n) is 9.29. The molecule has 0 unspecified atom stereocenters. The number of rotatable bonds is 7. The predicted octanol–water partition coefficient (Wildman–Crippen LogP) is 0.705. The molecule has 3 nitrogen and oxygen atoms in total. The molecule has 78 valence electrons. The van der Waals surface area contributed by atoms with Crippen molar-refractivity contribution in [3.8, 4) is 0 Å². The van der Waals surface area contributed by atoms with Crippen molar-refractivity contribution >= 4 is 6.29 Å². The molecule has 0 aliphatic rings. The summed E-state index contributed by atoms with van der Waals surface area (Å²) in [6.07, 6.45) is 0.984. The molecule has 0 fully saturated rings. The van der Waals surface area contributed by atoms with E-state index in [2.05, 4.69) is 37.7 Å². The molecule has 0 spiro atoms. The third-order valence-corrected chi connectivity index (χ3v) is 1.82. The van der Waals surface area contributed by atoms with Crippen LogP contribution in [0.4, 0.5) is 0 Å². The molecule has 0 heterocycles. The third-order valence-electron chi connectivity index (χ3n) is 1.82. The number of likely N-dealkylation sites (N-methyl/N-ethyl adjacent to an activating group) is 1. The van der Waals surface area contributed by atoms with E-state index in [9.17, 15) is 4.79 Å². The molecule has 0 aliphatic carbocycles. The summed E-state index contributed by atoms with van der Waals surface area (Å²) in [5, 5.41) is 0. The van der Waals surface area contributed by atoms with Crippen molar-refractivity contribution in [3.05, 3.63) is 0 Å². The number of carbonyl (C=O) groups is 1. The average Bonchev–Trinajstić information content (AvgIpc) is 1.99. The quantitative estimate of drug-likeness (QED) is 0.547. The molecule has 0 saturated carbocycles. The smallest absolute Gasteiger partial charge is 0.133 e. The van der Waals surface area contributed by atoms with E-state index in [1.807, 2.05) is 0 Å². The van der Waals surface area contributed by atoms with E-state index in [0.29, 0.717) is 12.5 Å². The molecule has 3 heteroatoms. The minimum absolute atomic E-state index is 0.562.